The van der Waals surface area contributed by atoms with E-state index in [9.17, 15) is 0 Å². The first-order valence-electron chi connectivity index (χ1n) is 5.26. The Bertz CT molecular complexity index is 487. The van der Waals surface area contributed by atoms with E-state index in [0.717, 1.165) is 18.7 Å². The van der Waals surface area contributed by atoms with Gasteiger partial charge in [-0.3, -0.25) is 0 Å². The summed E-state index contributed by atoms with van der Waals surface area (Å²) in [4.78, 5) is 5.43. The van der Waals surface area contributed by atoms with Crippen molar-refractivity contribution in [3.05, 3.63) is 39.1 Å². The van der Waals surface area contributed by atoms with Crippen LogP contribution in [0.25, 0.3) is 0 Å². The van der Waals surface area contributed by atoms with E-state index in [0.29, 0.717) is 5.88 Å². The number of ether oxygens (including phenoxy) is 1. The van der Waals surface area contributed by atoms with Gasteiger partial charge in [-0.2, -0.15) is 0 Å². The number of pyridine rings is 1. The summed E-state index contributed by atoms with van der Waals surface area (Å²) in [6, 6.07) is 8.05. The molecule has 0 spiro atoms. The standard InChI is InChI=1S/C12H13BrN2OS/c1-16-12-8-9(4-6-15-12)14-7-5-10-2-3-11(13)17-10/h2-4,6,8H,5,7H2,1H3,(H,14,15). The zero-order valence-corrected chi connectivity index (χ0v) is 11.8. The molecule has 0 aliphatic carbocycles. The monoisotopic (exact) mass is 312 g/mol. The molecule has 1 N–H and O–H groups in total. The molecular formula is C12H13BrN2OS. The normalized spacial score (nSPS) is 10.2. The summed E-state index contributed by atoms with van der Waals surface area (Å²) in [6.45, 7) is 0.903. The highest BCUT2D eigenvalue weighted by Gasteiger charge is 1.99. The summed E-state index contributed by atoms with van der Waals surface area (Å²) in [5, 5.41) is 3.35. The Labute approximate surface area is 113 Å². The zero-order chi connectivity index (χ0) is 12.1. The van der Waals surface area contributed by atoms with Crippen molar-refractivity contribution in [3.63, 3.8) is 0 Å². The van der Waals surface area contributed by atoms with Gasteiger partial charge in [-0.1, -0.05) is 0 Å². The van der Waals surface area contributed by atoms with Crippen molar-refractivity contribution >= 4 is 33.0 Å². The van der Waals surface area contributed by atoms with Gasteiger partial charge in [-0.25, -0.2) is 4.98 Å². The predicted molar refractivity (Wildman–Crippen MR) is 75.0 cm³/mol. The second-order valence-electron chi connectivity index (χ2n) is 3.47. The number of rotatable bonds is 5. The van der Waals surface area contributed by atoms with E-state index in [1.807, 2.05) is 12.1 Å². The van der Waals surface area contributed by atoms with Gasteiger partial charge in [0.25, 0.3) is 0 Å². The molecule has 0 bridgehead atoms. The van der Waals surface area contributed by atoms with Crippen LogP contribution in [-0.4, -0.2) is 18.6 Å². The van der Waals surface area contributed by atoms with Crippen LogP contribution in [0.4, 0.5) is 5.69 Å². The largest absolute Gasteiger partial charge is 0.481 e. The maximum atomic E-state index is 5.07. The van der Waals surface area contributed by atoms with Crippen LogP contribution >= 0.6 is 27.3 Å². The van der Waals surface area contributed by atoms with Crippen LogP contribution in [0.15, 0.2) is 34.2 Å². The van der Waals surface area contributed by atoms with Gasteiger partial charge in [0.2, 0.25) is 5.88 Å². The minimum absolute atomic E-state index is 0.633. The van der Waals surface area contributed by atoms with Crippen LogP contribution in [0.1, 0.15) is 4.88 Å². The molecule has 5 heteroatoms. The van der Waals surface area contributed by atoms with Crippen molar-refractivity contribution in [2.75, 3.05) is 19.0 Å². The molecule has 2 heterocycles. The van der Waals surface area contributed by atoms with E-state index in [2.05, 4.69) is 38.4 Å². The number of nitrogens with zero attached hydrogens (tertiary/aromatic N) is 1. The van der Waals surface area contributed by atoms with Crippen LogP contribution in [-0.2, 0) is 6.42 Å². The molecule has 2 aromatic heterocycles. The molecule has 90 valence electrons. The molecular weight excluding hydrogens is 300 g/mol. The minimum Gasteiger partial charge on any atom is -0.481 e. The number of aromatic nitrogens is 1. The van der Waals surface area contributed by atoms with Crippen molar-refractivity contribution in [3.8, 4) is 5.88 Å². The molecule has 0 atom stereocenters. The van der Waals surface area contributed by atoms with Gasteiger partial charge in [-0.15, -0.1) is 11.3 Å². The first kappa shape index (κ1) is 12.4. The third kappa shape index (κ3) is 3.71. The second kappa shape index (κ2) is 6.02. The van der Waals surface area contributed by atoms with Crippen LogP contribution in [0.3, 0.4) is 0 Å². The van der Waals surface area contributed by atoms with Crippen molar-refractivity contribution in [1.82, 2.24) is 4.98 Å². The first-order chi connectivity index (χ1) is 8.28. The van der Waals surface area contributed by atoms with Gasteiger partial charge in [0, 0.05) is 29.4 Å². The topological polar surface area (TPSA) is 34.1 Å². The summed E-state index contributed by atoms with van der Waals surface area (Å²) in [5.74, 6) is 0.633. The average Bonchev–Trinajstić information content (AvgIpc) is 2.75. The van der Waals surface area contributed by atoms with Crippen molar-refractivity contribution in [1.29, 1.82) is 0 Å². The molecule has 17 heavy (non-hydrogen) atoms. The Morgan fingerprint density at radius 1 is 1.41 bits per heavy atom. The molecule has 2 rings (SSSR count). The van der Waals surface area contributed by atoms with E-state index in [4.69, 9.17) is 4.74 Å². The predicted octanol–water partition coefficient (Wildman–Crippen LogP) is 3.57. The SMILES string of the molecule is COc1cc(NCCc2ccc(Br)s2)ccn1. The van der Waals surface area contributed by atoms with E-state index in [1.54, 1.807) is 24.6 Å². The third-order valence-corrected chi connectivity index (χ3v) is 3.96. The Morgan fingerprint density at radius 3 is 3.00 bits per heavy atom. The molecule has 2 aromatic rings. The quantitative estimate of drug-likeness (QED) is 0.916. The van der Waals surface area contributed by atoms with Crippen molar-refractivity contribution in [2.24, 2.45) is 0 Å². The molecule has 0 saturated carbocycles. The van der Waals surface area contributed by atoms with E-state index in [1.165, 1.54) is 8.66 Å². The average molecular weight is 313 g/mol. The minimum atomic E-state index is 0.633. The number of anilines is 1. The van der Waals surface area contributed by atoms with Crippen LogP contribution < -0.4 is 10.1 Å². The highest BCUT2D eigenvalue weighted by atomic mass is 79.9. The Balaban J connectivity index is 1.85. The summed E-state index contributed by atoms with van der Waals surface area (Å²) < 4.78 is 6.25. The fourth-order valence-corrected chi connectivity index (χ4v) is 2.93. The second-order valence-corrected chi connectivity index (χ2v) is 6.02. The third-order valence-electron chi connectivity index (χ3n) is 2.27. The molecule has 3 nitrogen and oxygen atoms in total. The van der Waals surface area contributed by atoms with E-state index < -0.39 is 0 Å². The molecule has 0 aromatic carbocycles. The van der Waals surface area contributed by atoms with Crippen LogP contribution in [0, 0.1) is 0 Å². The van der Waals surface area contributed by atoms with Gasteiger partial charge in [0.05, 0.1) is 10.9 Å². The zero-order valence-electron chi connectivity index (χ0n) is 9.44. The van der Waals surface area contributed by atoms with Crippen molar-refractivity contribution < 1.29 is 4.74 Å². The number of hydrogen-bond acceptors (Lipinski definition) is 4. The summed E-state index contributed by atoms with van der Waals surface area (Å²) in [7, 11) is 1.62. The molecule has 0 aliphatic rings. The van der Waals surface area contributed by atoms with Gasteiger partial charge in [0.1, 0.15) is 0 Å². The lowest BCUT2D eigenvalue weighted by Crippen LogP contribution is -2.04. The van der Waals surface area contributed by atoms with Crippen LogP contribution in [0.2, 0.25) is 0 Å². The molecule has 0 fully saturated rings. The summed E-state index contributed by atoms with van der Waals surface area (Å²) in [5.41, 5.74) is 1.03. The highest BCUT2D eigenvalue weighted by Crippen LogP contribution is 2.22. The van der Waals surface area contributed by atoms with Gasteiger partial charge < -0.3 is 10.1 Å². The fraction of sp³-hybridized carbons (Fsp3) is 0.250. The molecule has 0 radical (unpaired) electrons. The van der Waals surface area contributed by atoms with Gasteiger partial charge in [-0.05, 0) is 40.5 Å². The lowest BCUT2D eigenvalue weighted by atomic mass is 10.3. The number of thiophene rings is 1. The maximum Gasteiger partial charge on any atom is 0.214 e. The maximum absolute atomic E-state index is 5.07. The number of methoxy groups -OCH3 is 1. The summed E-state index contributed by atoms with van der Waals surface area (Å²) in [6.07, 6.45) is 2.75. The molecule has 0 aliphatic heterocycles. The van der Waals surface area contributed by atoms with Crippen molar-refractivity contribution in [2.45, 2.75) is 6.42 Å². The fourth-order valence-electron chi connectivity index (χ4n) is 1.45. The van der Waals surface area contributed by atoms with Gasteiger partial charge in [0.15, 0.2) is 0 Å². The Hall–Kier alpha value is -1.07. The number of nitrogens with one attached hydrogen (secondary N) is 1. The van der Waals surface area contributed by atoms with Crippen LogP contribution in [0.5, 0.6) is 5.88 Å². The lowest BCUT2D eigenvalue weighted by Gasteiger charge is -2.06. The first-order valence-corrected chi connectivity index (χ1v) is 6.87. The molecule has 0 saturated heterocycles. The Kier molecular flexibility index (Phi) is 4.39. The summed E-state index contributed by atoms with van der Waals surface area (Å²) >= 11 is 5.23. The number of hydrogen-bond donors (Lipinski definition) is 1. The lowest BCUT2D eigenvalue weighted by molar-refractivity contribution is 0.398. The highest BCUT2D eigenvalue weighted by molar-refractivity contribution is 9.11. The van der Waals surface area contributed by atoms with Gasteiger partial charge >= 0.3 is 0 Å². The molecule has 0 unspecified atom stereocenters. The molecule has 0 amide bonds. The smallest absolute Gasteiger partial charge is 0.214 e. The van der Waals surface area contributed by atoms with E-state index in [-0.39, 0.29) is 0 Å². The Morgan fingerprint density at radius 2 is 2.29 bits per heavy atom. The van der Waals surface area contributed by atoms with E-state index >= 15 is 0 Å². The number of halogens is 1.